The van der Waals surface area contributed by atoms with Crippen LogP contribution in [0.1, 0.15) is 52.9 Å². The average Bonchev–Trinajstić information content (AvgIpc) is 2.70. The van der Waals surface area contributed by atoms with Crippen molar-refractivity contribution in [2.45, 2.75) is 59.0 Å². The second kappa shape index (κ2) is 7.00. The van der Waals surface area contributed by atoms with Crippen LogP contribution in [0.4, 0.5) is 0 Å². The molecule has 0 saturated carbocycles. The Morgan fingerprint density at radius 3 is 2.59 bits per heavy atom. The second-order valence-corrected chi connectivity index (χ2v) is 5.57. The molecule has 0 radical (unpaired) electrons. The predicted octanol–water partition coefficient (Wildman–Crippen LogP) is 2.43. The summed E-state index contributed by atoms with van der Waals surface area (Å²) in [5.41, 5.74) is 0. The van der Waals surface area contributed by atoms with E-state index in [0.717, 1.165) is 25.8 Å². The van der Waals surface area contributed by atoms with Crippen LogP contribution in [0, 0.1) is 11.8 Å². The fourth-order valence-electron chi connectivity index (χ4n) is 2.53. The van der Waals surface area contributed by atoms with Crippen molar-refractivity contribution in [1.82, 2.24) is 4.90 Å². The van der Waals surface area contributed by atoms with E-state index in [1.807, 2.05) is 4.90 Å². The number of carbonyl (C=O) groups excluding carboxylic acids is 1. The predicted molar refractivity (Wildman–Crippen MR) is 69.7 cm³/mol. The fourth-order valence-corrected chi connectivity index (χ4v) is 2.53. The van der Waals surface area contributed by atoms with Crippen LogP contribution in [0.3, 0.4) is 0 Å². The number of β-amino-alcohol motifs (C(OH)–C–C–N with tert-alkyl or cyclic N) is 1. The van der Waals surface area contributed by atoms with Crippen LogP contribution in [0.2, 0.25) is 0 Å². The molecule has 0 bridgehead atoms. The van der Waals surface area contributed by atoms with Gasteiger partial charge in [-0.05, 0) is 18.8 Å². The van der Waals surface area contributed by atoms with Crippen LogP contribution in [-0.4, -0.2) is 35.1 Å². The van der Waals surface area contributed by atoms with Crippen LogP contribution < -0.4 is 0 Å². The molecule has 1 fully saturated rings. The summed E-state index contributed by atoms with van der Waals surface area (Å²) in [4.78, 5) is 14.2. The first-order chi connectivity index (χ1) is 8.06. The topological polar surface area (TPSA) is 40.5 Å². The summed E-state index contributed by atoms with van der Waals surface area (Å²) in [6.07, 6.45) is 4.98. The third-order valence-corrected chi connectivity index (χ3v) is 3.72. The highest BCUT2D eigenvalue weighted by Crippen LogP contribution is 2.23. The van der Waals surface area contributed by atoms with E-state index in [1.54, 1.807) is 0 Å². The van der Waals surface area contributed by atoms with Crippen LogP contribution >= 0.6 is 0 Å². The number of carbonyl (C=O) groups is 1. The van der Waals surface area contributed by atoms with Gasteiger partial charge in [0, 0.05) is 19.0 Å². The van der Waals surface area contributed by atoms with Gasteiger partial charge in [-0.3, -0.25) is 4.79 Å². The molecule has 1 N–H and O–H groups in total. The molecule has 0 aromatic rings. The minimum Gasteiger partial charge on any atom is -0.391 e. The molecular weight excluding hydrogens is 214 g/mol. The van der Waals surface area contributed by atoms with Crippen molar-refractivity contribution < 1.29 is 9.90 Å². The van der Waals surface area contributed by atoms with Gasteiger partial charge >= 0.3 is 0 Å². The van der Waals surface area contributed by atoms with Crippen molar-refractivity contribution in [3.63, 3.8) is 0 Å². The van der Waals surface area contributed by atoms with Gasteiger partial charge in [-0.2, -0.15) is 0 Å². The first kappa shape index (κ1) is 14.5. The number of rotatable bonds is 6. The van der Waals surface area contributed by atoms with Gasteiger partial charge in [0.1, 0.15) is 0 Å². The van der Waals surface area contributed by atoms with Gasteiger partial charge in [-0.15, -0.1) is 0 Å². The molecule has 100 valence electrons. The van der Waals surface area contributed by atoms with E-state index in [-0.39, 0.29) is 17.9 Å². The molecule has 1 aliphatic rings. The molecule has 1 aliphatic heterocycles. The number of aliphatic hydroxyl groups excluding tert-OH is 1. The largest absolute Gasteiger partial charge is 0.391 e. The third kappa shape index (κ3) is 4.30. The molecule has 0 aromatic carbocycles. The van der Waals surface area contributed by atoms with Crippen molar-refractivity contribution in [3.05, 3.63) is 0 Å². The SMILES string of the molecule is CCCCCC(C(=O)N1CC[C@H](O)C1)C(C)C. The van der Waals surface area contributed by atoms with Gasteiger partial charge in [0.2, 0.25) is 5.91 Å². The van der Waals surface area contributed by atoms with Gasteiger partial charge in [0.05, 0.1) is 6.10 Å². The number of likely N-dealkylation sites (tertiary alicyclic amines) is 1. The van der Waals surface area contributed by atoms with E-state index in [9.17, 15) is 9.90 Å². The Hall–Kier alpha value is -0.570. The number of unbranched alkanes of at least 4 members (excludes halogenated alkanes) is 2. The summed E-state index contributed by atoms with van der Waals surface area (Å²) in [6, 6.07) is 0. The Kier molecular flexibility index (Phi) is 5.96. The molecule has 1 rings (SSSR count). The third-order valence-electron chi connectivity index (χ3n) is 3.72. The van der Waals surface area contributed by atoms with E-state index >= 15 is 0 Å². The molecule has 0 spiro atoms. The van der Waals surface area contributed by atoms with Crippen LogP contribution in [-0.2, 0) is 4.79 Å². The van der Waals surface area contributed by atoms with Crippen LogP contribution in [0.25, 0.3) is 0 Å². The fraction of sp³-hybridized carbons (Fsp3) is 0.929. The van der Waals surface area contributed by atoms with E-state index in [1.165, 1.54) is 12.8 Å². The van der Waals surface area contributed by atoms with Crippen molar-refractivity contribution >= 4 is 5.91 Å². The van der Waals surface area contributed by atoms with Crippen molar-refractivity contribution in [1.29, 1.82) is 0 Å². The number of hydrogen-bond donors (Lipinski definition) is 1. The number of amides is 1. The van der Waals surface area contributed by atoms with E-state index in [2.05, 4.69) is 20.8 Å². The van der Waals surface area contributed by atoms with Gasteiger partial charge < -0.3 is 10.0 Å². The number of hydrogen-bond acceptors (Lipinski definition) is 2. The standard InChI is InChI=1S/C14H27NO2/c1-4-5-6-7-13(11(2)3)14(17)15-9-8-12(16)10-15/h11-13,16H,4-10H2,1-3H3/t12-,13?/m0/s1. The maximum Gasteiger partial charge on any atom is 0.226 e. The molecule has 17 heavy (non-hydrogen) atoms. The molecule has 2 atom stereocenters. The lowest BCUT2D eigenvalue weighted by molar-refractivity contribution is -0.136. The summed E-state index contributed by atoms with van der Waals surface area (Å²) >= 11 is 0. The van der Waals surface area contributed by atoms with Gasteiger partial charge in [-0.25, -0.2) is 0 Å². The normalized spacial score (nSPS) is 22.2. The Balaban J connectivity index is 2.48. The summed E-state index contributed by atoms with van der Waals surface area (Å²) in [5, 5.41) is 9.49. The maximum absolute atomic E-state index is 12.3. The molecule has 1 unspecified atom stereocenters. The lowest BCUT2D eigenvalue weighted by Crippen LogP contribution is -2.37. The summed E-state index contributed by atoms with van der Waals surface area (Å²) in [6.45, 7) is 7.71. The first-order valence-electron chi connectivity index (χ1n) is 7.03. The minimum atomic E-state index is -0.303. The van der Waals surface area contributed by atoms with E-state index < -0.39 is 0 Å². The van der Waals surface area contributed by atoms with Gasteiger partial charge in [0.15, 0.2) is 0 Å². The molecule has 1 heterocycles. The van der Waals surface area contributed by atoms with Crippen LogP contribution in [0.5, 0.6) is 0 Å². The molecule has 0 aliphatic carbocycles. The Morgan fingerprint density at radius 2 is 2.12 bits per heavy atom. The first-order valence-corrected chi connectivity index (χ1v) is 7.03. The quantitative estimate of drug-likeness (QED) is 0.726. The lowest BCUT2D eigenvalue weighted by atomic mass is 9.89. The summed E-state index contributed by atoms with van der Waals surface area (Å²) in [7, 11) is 0. The molecular formula is C14H27NO2. The summed E-state index contributed by atoms with van der Waals surface area (Å²) in [5.74, 6) is 0.802. The monoisotopic (exact) mass is 241 g/mol. The number of aliphatic hydroxyl groups is 1. The van der Waals surface area contributed by atoms with Crippen molar-refractivity contribution in [3.8, 4) is 0 Å². The van der Waals surface area contributed by atoms with Crippen molar-refractivity contribution in [2.24, 2.45) is 11.8 Å². The zero-order valence-electron chi connectivity index (χ0n) is 11.5. The second-order valence-electron chi connectivity index (χ2n) is 5.57. The molecule has 3 nitrogen and oxygen atoms in total. The van der Waals surface area contributed by atoms with Crippen LogP contribution in [0.15, 0.2) is 0 Å². The molecule has 3 heteroatoms. The lowest BCUT2D eigenvalue weighted by Gasteiger charge is -2.26. The molecule has 1 saturated heterocycles. The highest BCUT2D eigenvalue weighted by atomic mass is 16.3. The molecule has 0 aromatic heterocycles. The van der Waals surface area contributed by atoms with Crippen molar-refractivity contribution in [2.75, 3.05) is 13.1 Å². The zero-order chi connectivity index (χ0) is 12.8. The number of nitrogens with zero attached hydrogens (tertiary/aromatic N) is 1. The minimum absolute atomic E-state index is 0.145. The highest BCUT2D eigenvalue weighted by Gasteiger charge is 2.31. The Morgan fingerprint density at radius 1 is 1.41 bits per heavy atom. The van der Waals surface area contributed by atoms with E-state index in [4.69, 9.17) is 0 Å². The van der Waals surface area contributed by atoms with E-state index in [0.29, 0.717) is 12.5 Å². The van der Waals surface area contributed by atoms with Gasteiger partial charge in [0.25, 0.3) is 0 Å². The maximum atomic E-state index is 12.3. The molecule has 1 amide bonds. The Bertz CT molecular complexity index is 240. The smallest absolute Gasteiger partial charge is 0.226 e. The average molecular weight is 241 g/mol. The highest BCUT2D eigenvalue weighted by molar-refractivity contribution is 5.79. The Labute approximate surface area is 105 Å². The van der Waals surface area contributed by atoms with Gasteiger partial charge in [-0.1, -0.05) is 40.0 Å². The summed E-state index contributed by atoms with van der Waals surface area (Å²) < 4.78 is 0. The zero-order valence-corrected chi connectivity index (χ0v) is 11.5.